The van der Waals surface area contributed by atoms with Crippen LogP contribution in [0, 0.1) is 9.39 Å². The fourth-order valence-electron chi connectivity index (χ4n) is 0.646. The molecular formula is C7H5ClFI. The molecule has 0 fully saturated rings. The van der Waals surface area contributed by atoms with Crippen molar-refractivity contribution in [2.45, 2.75) is 5.88 Å². The fraction of sp³-hybridized carbons (Fsp3) is 0.143. The molecule has 0 radical (unpaired) electrons. The summed E-state index contributed by atoms with van der Waals surface area (Å²) >= 11 is 7.66. The van der Waals surface area contributed by atoms with Crippen LogP contribution in [-0.4, -0.2) is 0 Å². The van der Waals surface area contributed by atoms with Gasteiger partial charge in [-0.3, -0.25) is 0 Å². The van der Waals surface area contributed by atoms with Gasteiger partial charge in [0.2, 0.25) is 0 Å². The third-order valence-electron chi connectivity index (χ3n) is 1.15. The van der Waals surface area contributed by atoms with Crippen LogP contribution in [0.4, 0.5) is 4.39 Å². The van der Waals surface area contributed by atoms with E-state index in [1.54, 1.807) is 6.07 Å². The zero-order chi connectivity index (χ0) is 7.56. The largest absolute Gasteiger partial charge is 0.207 e. The SMILES string of the molecule is Fc1ccc(I)c(CCl)c1. The van der Waals surface area contributed by atoms with Crippen molar-refractivity contribution in [3.05, 3.63) is 33.1 Å². The van der Waals surface area contributed by atoms with Crippen LogP contribution in [0.5, 0.6) is 0 Å². The third-order valence-corrected chi connectivity index (χ3v) is 2.49. The molecule has 0 aliphatic rings. The Bertz CT molecular complexity index is 237. The Balaban J connectivity index is 3.09. The van der Waals surface area contributed by atoms with E-state index in [2.05, 4.69) is 22.6 Å². The molecule has 0 aliphatic heterocycles. The minimum atomic E-state index is -0.226. The average Bonchev–Trinajstić information content (AvgIpc) is 1.94. The topological polar surface area (TPSA) is 0 Å². The van der Waals surface area contributed by atoms with E-state index in [0.717, 1.165) is 9.13 Å². The van der Waals surface area contributed by atoms with E-state index in [-0.39, 0.29) is 5.82 Å². The fourth-order valence-corrected chi connectivity index (χ4v) is 1.62. The van der Waals surface area contributed by atoms with E-state index >= 15 is 0 Å². The minimum Gasteiger partial charge on any atom is -0.207 e. The zero-order valence-electron chi connectivity index (χ0n) is 5.07. The van der Waals surface area contributed by atoms with Gasteiger partial charge in [0.15, 0.2) is 0 Å². The summed E-state index contributed by atoms with van der Waals surface area (Å²) in [5, 5.41) is 0. The second kappa shape index (κ2) is 3.53. The number of hydrogen-bond acceptors (Lipinski definition) is 0. The van der Waals surface area contributed by atoms with Gasteiger partial charge in [-0.1, -0.05) is 0 Å². The monoisotopic (exact) mass is 270 g/mol. The highest BCUT2D eigenvalue weighted by molar-refractivity contribution is 14.1. The predicted octanol–water partition coefficient (Wildman–Crippen LogP) is 3.17. The van der Waals surface area contributed by atoms with Crippen LogP contribution in [0.15, 0.2) is 18.2 Å². The van der Waals surface area contributed by atoms with Crippen molar-refractivity contribution in [1.82, 2.24) is 0 Å². The maximum Gasteiger partial charge on any atom is 0.123 e. The van der Waals surface area contributed by atoms with Crippen LogP contribution >= 0.6 is 34.2 Å². The molecule has 10 heavy (non-hydrogen) atoms. The molecule has 54 valence electrons. The lowest BCUT2D eigenvalue weighted by Gasteiger charge is -1.97. The van der Waals surface area contributed by atoms with Crippen molar-refractivity contribution >= 4 is 34.2 Å². The molecule has 1 aromatic carbocycles. The van der Waals surface area contributed by atoms with E-state index in [9.17, 15) is 4.39 Å². The average molecular weight is 270 g/mol. The highest BCUT2D eigenvalue weighted by Gasteiger charge is 1.98. The number of hydrogen-bond donors (Lipinski definition) is 0. The van der Waals surface area contributed by atoms with Gasteiger partial charge in [-0.05, 0) is 46.4 Å². The van der Waals surface area contributed by atoms with Crippen molar-refractivity contribution in [3.63, 3.8) is 0 Å². The first-order valence-corrected chi connectivity index (χ1v) is 4.35. The molecule has 1 rings (SSSR count). The van der Waals surface area contributed by atoms with Gasteiger partial charge in [-0.15, -0.1) is 11.6 Å². The number of rotatable bonds is 1. The van der Waals surface area contributed by atoms with Crippen molar-refractivity contribution in [2.75, 3.05) is 0 Å². The molecule has 0 aromatic heterocycles. The van der Waals surface area contributed by atoms with Crippen molar-refractivity contribution in [1.29, 1.82) is 0 Å². The number of benzene rings is 1. The Morgan fingerprint density at radius 3 is 2.70 bits per heavy atom. The lowest BCUT2D eigenvalue weighted by atomic mass is 10.2. The van der Waals surface area contributed by atoms with Crippen LogP contribution in [0.3, 0.4) is 0 Å². The predicted molar refractivity (Wildman–Crippen MR) is 48.7 cm³/mol. The molecule has 0 amide bonds. The molecular weight excluding hydrogens is 265 g/mol. The molecule has 0 bridgehead atoms. The van der Waals surface area contributed by atoms with Crippen LogP contribution < -0.4 is 0 Å². The second-order valence-electron chi connectivity index (χ2n) is 1.87. The molecule has 0 heterocycles. The first-order valence-electron chi connectivity index (χ1n) is 2.74. The summed E-state index contributed by atoms with van der Waals surface area (Å²) < 4.78 is 13.5. The summed E-state index contributed by atoms with van der Waals surface area (Å²) in [5.74, 6) is 0.145. The molecule has 3 heteroatoms. The van der Waals surface area contributed by atoms with Crippen LogP contribution in [0.25, 0.3) is 0 Å². The summed E-state index contributed by atoms with van der Waals surface area (Å²) in [6.07, 6.45) is 0. The standard InChI is InChI=1S/C7H5ClFI/c8-4-5-3-6(9)1-2-7(5)10/h1-3H,4H2. The lowest BCUT2D eigenvalue weighted by molar-refractivity contribution is 0.626. The van der Waals surface area contributed by atoms with Crippen LogP contribution in [0.1, 0.15) is 5.56 Å². The Morgan fingerprint density at radius 1 is 1.50 bits per heavy atom. The van der Waals surface area contributed by atoms with Crippen molar-refractivity contribution < 1.29 is 4.39 Å². The highest BCUT2D eigenvalue weighted by atomic mass is 127. The Morgan fingerprint density at radius 2 is 2.20 bits per heavy atom. The van der Waals surface area contributed by atoms with Gasteiger partial charge in [0.1, 0.15) is 5.82 Å². The normalized spacial score (nSPS) is 9.90. The molecule has 0 atom stereocenters. The van der Waals surface area contributed by atoms with Gasteiger partial charge in [-0.2, -0.15) is 0 Å². The number of halogens is 3. The van der Waals surface area contributed by atoms with Gasteiger partial charge in [-0.25, -0.2) is 4.39 Å². The van der Waals surface area contributed by atoms with E-state index < -0.39 is 0 Å². The van der Waals surface area contributed by atoms with Gasteiger partial charge in [0, 0.05) is 9.45 Å². The molecule has 0 unspecified atom stereocenters. The van der Waals surface area contributed by atoms with Crippen molar-refractivity contribution in [3.8, 4) is 0 Å². The molecule has 0 saturated carbocycles. The number of alkyl halides is 1. The molecule has 0 N–H and O–H groups in total. The second-order valence-corrected chi connectivity index (χ2v) is 3.30. The third kappa shape index (κ3) is 1.83. The van der Waals surface area contributed by atoms with Gasteiger partial charge < -0.3 is 0 Å². The summed E-state index contributed by atoms with van der Waals surface area (Å²) in [6.45, 7) is 0. The van der Waals surface area contributed by atoms with Crippen LogP contribution in [0.2, 0.25) is 0 Å². The maximum atomic E-state index is 12.5. The molecule has 0 saturated heterocycles. The summed E-state index contributed by atoms with van der Waals surface area (Å²) in [4.78, 5) is 0. The first-order chi connectivity index (χ1) is 4.74. The van der Waals surface area contributed by atoms with Gasteiger partial charge >= 0.3 is 0 Å². The minimum absolute atomic E-state index is 0.226. The van der Waals surface area contributed by atoms with E-state index in [4.69, 9.17) is 11.6 Å². The lowest BCUT2D eigenvalue weighted by Crippen LogP contribution is -1.85. The highest BCUT2D eigenvalue weighted by Crippen LogP contribution is 2.15. The smallest absolute Gasteiger partial charge is 0.123 e. The van der Waals surface area contributed by atoms with Crippen LogP contribution in [-0.2, 0) is 5.88 Å². The molecule has 0 nitrogen and oxygen atoms in total. The van der Waals surface area contributed by atoms with E-state index in [1.165, 1.54) is 12.1 Å². The van der Waals surface area contributed by atoms with E-state index in [1.807, 2.05) is 0 Å². The van der Waals surface area contributed by atoms with Gasteiger partial charge in [0.25, 0.3) is 0 Å². The van der Waals surface area contributed by atoms with E-state index in [0.29, 0.717) is 5.88 Å². The molecule has 0 spiro atoms. The Labute approximate surface area is 77.5 Å². The maximum absolute atomic E-state index is 12.5. The molecule has 0 aliphatic carbocycles. The first kappa shape index (κ1) is 8.27. The Kier molecular flexibility index (Phi) is 2.92. The summed E-state index contributed by atoms with van der Waals surface area (Å²) in [7, 11) is 0. The quantitative estimate of drug-likeness (QED) is 0.543. The van der Waals surface area contributed by atoms with Crippen molar-refractivity contribution in [2.24, 2.45) is 0 Å². The summed E-state index contributed by atoms with van der Waals surface area (Å²) in [5.41, 5.74) is 0.849. The Hall–Kier alpha value is 0.170. The summed E-state index contributed by atoms with van der Waals surface area (Å²) in [6, 6.07) is 4.60. The van der Waals surface area contributed by atoms with Gasteiger partial charge in [0.05, 0.1) is 0 Å². The zero-order valence-corrected chi connectivity index (χ0v) is 7.99. The molecule has 1 aromatic rings.